The van der Waals surface area contributed by atoms with E-state index in [1.165, 1.54) is 0 Å². The second kappa shape index (κ2) is 7.97. The van der Waals surface area contributed by atoms with Crippen LogP contribution in [-0.4, -0.2) is 37.5 Å². The Labute approximate surface area is 129 Å². The minimum atomic E-state index is 0.494. The van der Waals surface area contributed by atoms with Gasteiger partial charge in [0.25, 0.3) is 0 Å². The van der Waals surface area contributed by atoms with Gasteiger partial charge in [-0.1, -0.05) is 28.8 Å². The number of ether oxygens (including phenoxy) is 1. The highest BCUT2D eigenvalue weighted by molar-refractivity contribution is 6.30. The molecule has 0 aliphatic carbocycles. The van der Waals surface area contributed by atoms with Gasteiger partial charge in [-0.3, -0.25) is 0 Å². The van der Waals surface area contributed by atoms with Crippen molar-refractivity contribution in [3.63, 3.8) is 0 Å². The molecule has 0 saturated heterocycles. The van der Waals surface area contributed by atoms with Gasteiger partial charge in [0.15, 0.2) is 0 Å². The van der Waals surface area contributed by atoms with Crippen LogP contribution in [-0.2, 0) is 17.8 Å². The number of nitrogens with zero attached hydrogens (tertiary/aromatic N) is 3. The number of anilines is 1. The van der Waals surface area contributed by atoms with Crippen LogP contribution < -0.4 is 10.2 Å². The molecular weight excluding hydrogens is 292 g/mol. The summed E-state index contributed by atoms with van der Waals surface area (Å²) in [6, 6.07) is 8.17. The predicted molar refractivity (Wildman–Crippen MR) is 81.4 cm³/mol. The fourth-order valence-electron chi connectivity index (χ4n) is 1.77. The first-order valence-electron chi connectivity index (χ1n) is 6.66. The molecule has 0 amide bonds. The van der Waals surface area contributed by atoms with E-state index in [0.29, 0.717) is 31.6 Å². The molecule has 0 spiro atoms. The highest BCUT2D eigenvalue weighted by Crippen LogP contribution is 2.15. The van der Waals surface area contributed by atoms with Crippen molar-refractivity contribution in [2.24, 2.45) is 0 Å². The summed E-state index contributed by atoms with van der Waals surface area (Å²) in [6.45, 7) is 2.60. The first kappa shape index (κ1) is 15.8. The van der Waals surface area contributed by atoms with Crippen molar-refractivity contribution in [3.8, 4) is 0 Å². The third-order valence-corrected chi connectivity index (χ3v) is 3.13. The van der Waals surface area contributed by atoms with Crippen molar-refractivity contribution < 1.29 is 9.15 Å². The molecule has 1 heterocycles. The molecule has 7 heteroatoms. The lowest BCUT2D eigenvalue weighted by molar-refractivity contribution is 0.198. The third kappa shape index (κ3) is 5.00. The highest BCUT2D eigenvalue weighted by Gasteiger charge is 2.10. The molecule has 1 aromatic heterocycles. The Morgan fingerprint density at radius 3 is 2.76 bits per heavy atom. The lowest BCUT2D eigenvalue weighted by Crippen LogP contribution is -2.18. The van der Waals surface area contributed by atoms with Crippen LogP contribution in [0.2, 0.25) is 5.02 Å². The minimum absolute atomic E-state index is 0.494. The molecule has 0 aliphatic heterocycles. The summed E-state index contributed by atoms with van der Waals surface area (Å²) < 4.78 is 10.5. The summed E-state index contributed by atoms with van der Waals surface area (Å²) in [7, 11) is 3.57. The van der Waals surface area contributed by atoms with Crippen molar-refractivity contribution in [1.82, 2.24) is 15.5 Å². The standard InChI is InChI=1S/C14H19ClN4O2/c1-19(10-11-3-5-12(15)6-4-11)14-18-17-13(21-14)9-16-7-8-20-2/h3-6,16H,7-10H2,1-2H3. The lowest BCUT2D eigenvalue weighted by atomic mass is 10.2. The summed E-state index contributed by atoms with van der Waals surface area (Å²) in [5.74, 6) is 0.559. The second-order valence-corrected chi connectivity index (χ2v) is 5.07. The molecule has 0 unspecified atom stereocenters. The van der Waals surface area contributed by atoms with Gasteiger partial charge in [0.2, 0.25) is 5.89 Å². The van der Waals surface area contributed by atoms with E-state index in [-0.39, 0.29) is 0 Å². The van der Waals surface area contributed by atoms with Gasteiger partial charge in [-0.25, -0.2) is 0 Å². The fourth-order valence-corrected chi connectivity index (χ4v) is 1.90. The largest absolute Gasteiger partial charge is 0.407 e. The van der Waals surface area contributed by atoms with Crippen LogP contribution >= 0.6 is 11.6 Å². The average Bonchev–Trinajstić information content (AvgIpc) is 2.95. The lowest BCUT2D eigenvalue weighted by Gasteiger charge is -2.13. The zero-order valence-corrected chi connectivity index (χ0v) is 12.9. The zero-order valence-electron chi connectivity index (χ0n) is 12.2. The number of aromatic nitrogens is 2. The van der Waals surface area contributed by atoms with E-state index in [9.17, 15) is 0 Å². The summed E-state index contributed by atoms with van der Waals surface area (Å²) >= 11 is 5.87. The van der Waals surface area contributed by atoms with Gasteiger partial charge >= 0.3 is 6.01 Å². The molecule has 21 heavy (non-hydrogen) atoms. The van der Waals surface area contributed by atoms with Crippen LogP contribution in [0, 0.1) is 0 Å². The van der Waals surface area contributed by atoms with E-state index in [1.807, 2.05) is 36.2 Å². The third-order valence-electron chi connectivity index (χ3n) is 2.87. The molecule has 0 aliphatic rings. The van der Waals surface area contributed by atoms with Gasteiger partial charge < -0.3 is 19.4 Å². The predicted octanol–water partition coefficient (Wildman–Crippen LogP) is 2.10. The Hall–Kier alpha value is -1.63. The molecule has 0 radical (unpaired) electrons. The number of rotatable bonds is 8. The number of hydrogen-bond donors (Lipinski definition) is 1. The van der Waals surface area contributed by atoms with Crippen LogP contribution in [0.1, 0.15) is 11.5 Å². The van der Waals surface area contributed by atoms with Gasteiger partial charge in [0, 0.05) is 32.3 Å². The van der Waals surface area contributed by atoms with E-state index in [0.717, 1.165) is 17.1 Å². The molecule has 2 aromatic rings. The van der Waals surface area contributed by atoms with E-state index >= 15 is 0 Å². The molecule has 1 aromatic carbocycles. The fraction of sp³-hybridized carbons (Fsp3) is 0.429. The monoisotopic (exact) mass is 310 g/mol. The number of nitrogens with one attached hydrogen (secondary N) is 1. The summed E-state index contributed by atoms with van der Waals surface area (Å²) in [6.07, 6.45) is 0. The van der Waals surface area contributed by atoms with Crippen LogP contribution in [0.5, 0.6) is 0 Å². The normalized spacial score (nSPS) is 10.8. The molecule has 1 N–H and O–H groups in total. The molecule has 0 saturated carbocycles. The first-order chi connectivity index (χ1) is 10.2. The van der Waals surface area contributed by atoms with Crippen molar-refractivity contribution in [2.75, 3.05) is 32.2 Å². The molecule has 6 nitrogen and oxygen atoms in total. The van der Waals surface area contributed by atoms with Gasteiger partial charge in [-0.05, 0) is 17.7 Å². The van der Waals surface area contributed by atoms with Gasteiger partial charge in [-0.2, -0.15) is 0 Å². The average molecular weight is 311 g/mol. The molecule has 0 bridgehead atoms. The zero-order chi connectivity index (χ0) is 15.1. The second-order valence-electron chi connectivity index (χ2n) is 4.63. The Morgan fingerprint density at radius 1 is 1.29 bits per heavy atom. The summed E-state index contributed by atoms with van der Waals surface area (Å²) in [5, 5.41) is 11.9. The van der Waals surface area contributed by atoms with Crippen molar-refractivity contribution in [2.45, 2.75) is 13.1 Å². The van der Waals surface area contributed by atoms with E-state index < -0.39 is 0 Å². The number of benzene rings is 1. The Bertz CT molecular complexity index is 544. The maximum Gasteiger partial charge on any atom is 0.318 e. The van der Waals surface area contributed by atoms with Gasteiger partial charge in [0.1, 0.15) is 0 Å². The van der Waals surface area contributed by atoms with Crippen LogP contribution in [0.4, 0.5) is 6.01 Å². The number of hydrogen-bond acceptors (Lipinski definition) is 6. The van der Waals surface area contributed by atoms with Gasteiger partial charge in [-0.15, -0.1) is 5.10 Å². The van der Waals surface area contributed by atoms with Crippen LogP contribution in [0.3, 0.4) is 0 Å². The van der Waals surface area contributed by atoms with Gasteiger partial charge in [0.05, 0.1) is 13.2 Å². The number of halogens is 1. The first-order valence-corrected chi connectivity index (χ1v) is 7.04. The smallest absolute Gasteiger partial charge is 0.318 e. The minimum Gasteiger partial charge on any atom is -0.407 e. The molecule has 114 valence electrons. The molecule has 2 rings (SSSR count). The van der Waals surface area contributed by atoms with Crippen molar-refractivity contribution >= 4 is 17.6 Å². The Balaban J connectivity index is 1.86. The van der Waals surface area contributed by atoms with Crippen molar-refractivity contribution in [3.05, 3.63) is 40.7 Å². The molecule has 0 fully saturated rings. The highest BCUT2D eigenvalue weighted by atomic mass is 35.5. The maximum absolute atomic E-state index is 5.87. The molecular formula is C14H19ClN4O2. The van der Waals surface area contributed by atoms with E-state index in [4.69, 9.17) is 20.8 Å². The SMILES string of the molecule is COCCNCc1nnc(N(C)Cc2ccc(Cl)cc2)o1. The summed E-state index contributed by atoms with van der Waals surface area (Å²) in [4.78, 5) is 1.90. The van der Waals surface area contributed by atoms with E-state index in [2.05, 4.69) is 15.5 Å². The topological polar surface area (TPSA) is 63.4 Å². The maximum atomic E-state index is 5.87. The quantitative estimate of drug-likeness (QED) is 0.753. The molecule has 0 atom stereocenters. The van der Waals surface area contributed by atoms with Crippen molar-refractivity contribution in [1.29, 1.82) is 0 Å². The van der Waals surface area contributed by atoms with Crippen LogP contribution in [0.25, 0.3) is 0 Å². The number of methoxy groups -OCH3 is 1. The van der Waals surface area contributed by atoms with E-state index in [1.54, 1.807) is 7.11 Å². The Morgan fingerprint density at radius 2 is 2.05 bits per heavy atom. The summed E-state index contributed by atoms with van der Waals surface area (Å²) in [5.41, 5.74) is 1.12. The van der Waals surface area contributed by atoms with Crippen LogP contribution in [0.15, 0.2) is 28.7 Å². The Kier molecular flexibility index (Phi) is 5.98.